The summed E-state index contributed by atoms with van der Waals surface area (Å²) in [5.74, 6) is 4.53. The van der Waals surface area contributed by atoms with Crippen molar-refractivity contribution in [1.82, 2.24) is 19.5 Å². The molecule has 1 fully saturated rings. The zero-order chi connectivity index (χ0) is 17.6. The standard InChI is InChI=1S/C14H16FN5O4/c1-3-4-14(15)9(22)8(6(2)21)24-12(14)20-5-17-7-10(20)18-13(16)19-11(7)23/h5-6,8-9,12,21-22H,1-2H3,(H3,16,18,19,23)/t6-,8-,9+,12-,14?/m1/s1. The van der Waals surface area contributed by atoms with E-state index in [-0.39, 0.29) is 17.1 Å². The third-order valence-corrected chi connectivity index (χ3v) is 3.88. The van der Waals surface area contributed by atoms with E-state index in [0.29, 0.717) is 0 Å². The molecule has 9 nitrogen and oxygen atoms in total. The summed E-state index contributed by atoms with van der Waals surface area (Å²) in [4.78, 5) is 22.0. The van der Waals surface area contributed by atoms with E-state index in [9.17, 15) is 15.0 Å². The largest absolute Gasteiger partial charge is 0.391 e. The molecule has 0 aromatic carbocycles. The third kappa shape index (κ3) is 2.25. The number of imidazole rings is 1. The number of nitrogen functional groups attached to an aromatic ring is 1. The van der Waals surface area contributed by atoms with E-state index in [1.807, 2.05) is 0 Å². The van der Waals surface area contributed by atoms with Crippen molar-refractivity contribution in [2.24, 2.45) is 0 Å². The number of aliphatic hydroxyl groups excluding tert-OH is 2. The Morgan fingerprint density at radius 1 is 1.62 bits per heavy atom. The van der Waals surface area contributed by atoms with Crippen molar-refractivity contribution in [3.8, 4) is 11.8 Å². The molecule has 1 saturated heterocycles. The maximum atomic E-state index is 15.4. The van der Waals surface area contributed by atoms with Crippen LogP contribution in [0.2, 0.25) is 0 Å². The Labute approximate surface area is 135 Å². The number of aliphatic hydroxyl groups is 2. The lowest BCUT2D eigenvalue weighted by Crippen LogP contribution is -2.44. The van der Waals surface area contributed by atoms with Crippen molar-refractivity contribution < 1.29 is 19.3 Å². The van der Waals surface area contributed by atoms with Gasteiger partial charge in [0.25, 0.3) is 5.56 Å². The second kappa shape index (κ2) is 5.55. The van der Waals surface area contributed by atoms with Crippen molar-refractivity contribution in [1.29, 1.82) is 0 Å². The molecular formula is C14H16FN5O4. The molecule has 128 valence electrons. The fourth-order valence-corrected chi connectivity index (χ4v) is 2.79. The molecule has 0 bridgehead atoms. The van der Waals surface area contributed by atoms with Crippen LogP contribution in [-0.4, -0.2) is 53.7 Å². The second-order valence-electron chi connectivity index (χ2n) is 5.56. The number of nitrogens with two attached hydrogens (primary N) is 1. The highest BCUT2D eigenvalue weighted by atomic mass is 19.1. The predicted octanol–water partition coefficient (Wildman–Crippen LogP) is -0.928. The molecule has 1 aliphatic rings. The number of anilines is 1. The first-order chi connectivity index (χ1) is 11.3. The normalized spacial score (nSPS) is 31.0. The van der Waals surface area contributed by atoms with E-state index in [1.165, 1.54) is 13.8 Å². The van der Waals surface area contributed by atoms with Gasteiger partial charge in [0.05, 0.1) is 12.4 Å². The molecule has 1 aliphatic heterocycles. The number of ether oxygens (including phenoxy) is 1. The van der Waals surface area contributed by atoms with Crippen LogP contribution in [0.4, 0.5) is 10.3 Å². The van der Waals surface area contributed by atoms with E-state index in [2.05, 4.69) is 26.8 Å². The van der Waals surface area contributed by atoms with Crippen molar-refractivity contribution in [3.05, 3.63) is 16.7 Å². The van der Waals surface area contributed by atoms with Crippen molar-refractivity contribution in [2.45, 2.75) is 44.1 Å². The SMILES string of the molecule is CC#CC1(F)[C@@H](O)[C@@H]([C@@H](C)O)O[C@H]1n1cnc2c(=O)[nH]c(N)nc21. The molecule has 3 heterocycles. The van der Waals surface area contributed by atoms with Crippen molar-refractivity contribution in [3.63, 3.8) is 0 Å². The molecule has 2 aromatic heterocycles. The molecule has 1 unspecified atom stereocenters. The van der Waals surface area contributed by atoms with Gasteiger partial charge in [-0.25, -0.2) is 9.37 Å². The lowest BCUT2D eigenvalue weighted by Gasteiger charge is -2.23. The average Bonchev–Trinajstić information content (AvgIpc) is 3.00. The molecule has 0 amide bonds. The fourth-order valence-electron chi connectivity index (χ4n) is 2.79. The quantitative estimate of drug-likeness (QED) is 0.519. The van der Waals surface area contributed by atoms with Gasteiger partial charge in [-0.3, -0.25) is 14.3 Å². The monoisotopic (exact) mass is 337 g/mol. The van der Waals surface area contributed by atoms with Crippen LogP contribution in [0.3, 0.4) is 0 Å². The molecule has 5 N–H and O–H groups in total. The first-order valence-corrected chi connectivity index (χ1v) is 7.16. The van der Waals surface area contributed by atoms with Gasteiger partial charge in [0.15, 0.2) is 17.4 Å². The van der Waals surface area contributed by atoms with Crippen LogP contribution in [0, 0.1) is 11.8 Å². The number of H-pyrrole nitrogens is 1. The van der Waals surface area contributed by atoms with Gasteiger partial charge in [-0.2, -0.15) is 4.98 Å². The topological polar surface area (TPSA) is 139 Å². The van der Waals surface area contributed by atoms with Crippen LogP contribution in [-0.2, 0) is 4.74 Å². The van der Waals surface area contributed by atoms with E-state index in [0.717, 1.165) is 10.9 Å². The Morgan fingerprint density at radius 3 is 2.96 bits per heavy atom. The van der Waals surface area contributed by atoms with Crippen molar-refractivity contribution in [2.75, 3.05) is 5.73 Å². The highest BCUT2D eigenvalue weighted by molar-refractivity contribution is 5.70. The molecular weight excluding hydrogens is 321 g/mol. The zero-order valence-corrected chi connectivity index (χ0v) is 12.9. The maximum Gasteiger partial charge on any atom is 0.280 e. The molecule has 0 aliphatic carbocycles. The van der Waals surface area contributed by atoms with Crippen molar-refractivity contribution >= 4 is 17.1 Å². The first-order valence-electron chi connectivity index (χ1n) is 7.16. The van der Waals surface area contributed by atoms with Gasteiger partial charge in [-0.05, 0) is 13.8 Å². The molecule has 2 aromatic rings. The summed E-state index contributed by atoms with van der Waals surface area (Å²) in [6, 6.07) is 0. The number of alkyl halides is 1. The van der Waals surface area contributed by atoms with Gasteiger partial charge in [0, 0.05) is 0 Å². The maximum absolute atomic E-state index is 15.4. The molecule has 0 spiro atoms. The summed E-state index contributed by atoms with van der Waals surface area (Å²) in [6.45, 7) is 2.77. The molecule has 10 heteroatoms. The van der Waals surface area contributed by atoms with Gasteiger partial charge >= 0.3 is 0 Å². The summed E-state index contributed by atoms with van der Waals surface area (Å²) in [5.41, 5.74) is 2.33. The summed E-state index contributed by atoms with van der Waals surface area (Å²) in [6.07, 6.45) is -4.36. The smallest absolute Gasteiger partial charge is 0.280 e. The van der Waals surface area contributed by atoms with Crippen LogP contribution in [0.1, 0.15) is 20.1 Å². The predicted molar refractivity (Wildman–Crippen MR) is 81.4 cm³/mol. The summed E-state index contributed by atoms with van der Waals surface area (Å²) in [7, 11) is 0. The summed E-state index contributed by atoms with van der Waals surface area (Å²) in [5, 5.41) is 20.0. The van der Waals surface area contributed by atoms with E-state index < -0.39 is 35.8 Å². The van der Waals surface area contributed by atoms with Gasteiger partial charge in [-0.1, -0.05) is 5.92 Å². The second-order valence-corrected chi connectivity index (χ2v) is 5.56. The number of rotatable bonds is 2. The number of halogens is 1. The fraction of sp³-hybridized carbons (Fsp3) is 0.500. The van der Waals surface area contributed by atoms with Crippen LogP contribution < -0.4 is 11.3 Å². The number of nitrogens with zero attached hydrogens (tertiary/aromatic N) is 3. The number of aromatic amines is 1. The Hall–Kier alpha value is -2.48. The molecule has 0 radical (unpaired) electrons. The minimum absolute atomic E-state index is 0.0142. The summed E-state index contributed by atoms with van der Waals surface area (Å²) >= 11 is 0. The highest BCUT2D eigenvalue weighted by Crippen LogP contribution is 2.43. The third-order valence-electron chi connectivity index (χ3n) is 3.88. The van der Waals surface area contributed by atoms with Crippen LogP contribution in [0.25, 0.3) is 11.2 Å². The highest BCUT2D eigenvalue weighted by Gasteiger charge is 2.59. The summed E-state index contributed by atoms with van der Waals surface area (Å²) < 4.78 is 22.0. The Bertz CT molecular complexity index is 898. The van der Waals surface area contributed by atoms with E-state index in [1.54, 1.807) is 0 Å². The van der Waals surface area contributed by atoms with Crippen LogP contribution >= 0.6 is 0 Å². The first kappa shape index (κ1) is 16.4. The number of nitrogens with one attached hydrogen (secondary N) is 1. The van der Waals surface area contributed by atoms with E-state index in [4.69, 9.17) is 10.5 Å². The Kier molecular flexibility index (Phi) is 3.79. The molecule has 24 heavy (non-hydrogen) atoms. The van der Waals surface area contributed by atoms with Crippen LogP contribution in [0.15, 0.2) is 11.1 Å². The zero-order valence-electron chi connectivity index (χ0n) is 12.9. The van der Waals surface area contributed by atoms with Crippen LogP contribution in [0.5, 0.6) is 0 Å². The lowest BCUT2D eigenvalue weighted by atomic mass is 9.94. The molecule has 5 atom stereocenters. The number of aromatic nitrogens is 4. The Balaban J connectivity index is 2.20. The molecule has 0 saturated carbocycles. The average molecular weight is 337 g/mol. The minimum atomic E-state index is -2.52. The van der Waals surface area contributed by atoms with Gasteiger partial charge in [0.2, 0.25) is 11.6 Å². The molecule has 3 rings (SSSR count). The minimum Gasteiger partial charge on any atom is -0.391 e. The Morgan fingerprint density at radius 2 is 2.33 bits per heavy atom. The lowest BCUT2D eigenvalue weighted by molar-refractivity contribution is -0.0776. The number of hydrogen-bond donors (Lipinski definition) is 4. The van der Waals surface area contributed by atoms with Gasteiger partial charge < -0.3 is 20.7 Å². The van der Waals surface area contributed by atoms with Gasteiger partial charge in [-0.15, -0.1) is 5.92 Å². The van der Waals surface area contributed by atoms with Gasteiger partial charge in [0.1, 0.15) is 12.2 Å². The van der Waals surface area contributed by atoms with E-state index >= 15 is 4.39 Å². The number of fused-ring (bicyclic) bond motifs is 1. The number of hydrogen-bond acceptors (Lipinski definition) is 7.